The number of benzene rings is 1. The van der Waals surface area contributed by atoms with Gasteiger partial charge in [-0.3, -0.25) is 4.90 Å². The molecule has 1 N–H and O–H groups in total. The molecule has 1 aromatic rings. The third-order valence-corrected chi connectivity index (χ3v) is 4.55. The Morgan fingerprint density at radius 1 is 1.22 bits per heavy atom. The molecule has 1 heterocycles. The summed E-state index contributed by atoms with van der Waals surface area (Å²) in [5.74, 6) is 2.27. The summed E-state index contributed by atoms with van der Waals surface area (Å²) in [6.45, 7) is 5.46. The second-order valence-corrected chi connectivity index (χ2v) is 6.22. The van der Waals surface area contributed by atoms with E-state index in [4.69, 9.17) is 0 Å². The molecule has 2 unspecified atom stereocenters. The molecule has 18 heavy (non-hydrogen) atoms. The van der Waals surface area contributed by atoms with Crippen LogP contribution in [0.4, 0.5) is 0 Å². The van der Waals surface area contributed by atoms with Crippen LogP contribution in [-0.2, 0) is 6.54 Å². The van der Waals surface area contributed by atoms with Gasteiger partial charge in [0.15, 0.2) is 0 Å². The van der Waals surface area contributed by atoms with Crippen LogP contribution in [0.15, 0.2) is 18.2 Å². The molecule has 0 aromatic heterocycles. The topological polar surface area (TPSA) is 23.5 Å². The average Bonchev–Trinajstić information content (AvgIpc) is 2.33. The Morgan fingerprint density at radius 2 is 1.94 bits per heavy atom. The normalized spacial score (nSPS) is 28.3. The van der Waals surface area contributed by atoms with E-state index >= 15 is 0 Å². The molecular weight excluding hydrogens is 222 g/mol. The highest BCUT2D eigenvalue weighted by atomic mass is 16.3. The summed E-state index contributed by atoms with van der Waals surface area (Å²) in [4.78, 5) is 2.55. The summed E-state index contributed by atoms with van der Waals surface area (Å²) >= 11 is 0. The number of rotatable bonds is 2. The minimum Gasteiger partial charge on any atom is -0.508 e. The second-order valence-electron chi connectivity index (χ2n) is 6.22. The number of nitrogens with zero attached hydrogens (tertiary/aromatic N) is 1. The van der Waals surface area contributed by atoms with Crippen LogP contribution in [0.1, 0.15) is 36.8 Å². The predicted octanol–water partition coefficient (Wildman–Crippen LogP) is 3.32. The molecule has 1 saturated carbocycles. The van der Waals surface area contributed by atoms with Crippen LogP contribution in [0.25, 0.3) is 0 Å². The molecule has 1 saturated heterocycles. The number of likely N-dealkylation sites (tertiary alicyclic amines) is 1. The molecule has 2 atom stereocenters. The largest absolute Gasteiger partial charge is 0.508 e. The molecule has 2 bridgehead atoms. The highest BCUT2D eigenvalue weighted by Gasteiger charge is 2.30. The van der Waals surface area contributed by atoms with Crippen LogP contribution in [-0.4, -0.2) is 23.1 Å². The van der Waals surface area contributed by atoms with Crippen molar-refractivity contribution in [2.75, 3.05) is 13.1 Å². The van der Waals surface area contributed by atoms with E-state index < -0.39 is 0 Å². The summed E-state index contributed by atoms with van der Waals surface area (Å²) in [7, 11) is 0. The van der Waals surface area contributed by atoms with Gasteiger partial charge in [-0.2, -0.15) is 0 Å². The Labute approximate surface area is 110 Å². The first-order chi connectivity index (χ1) is 8.70. The molecule has 0 amide bonds. The first-order valence-corrected chi connectivity index (χ1v) is 7.21. The Balaban J connectivity index is 1.70. The van der Waals surface area contributed by atoms with E-state index in [9.17, 15) is 5.11 Å². The van der Waals surface area contributed by atoms with Crippen molar-refractivity contribution < 1.29 is 5.11 Å². The molecular formula is C16H23NO. The van der Waals surface area contributed by atoms with Gasteiger partial charge in [0.1, 0.15) is 5.75 Å². The van der Waals surface area contributed by atoms with Crippen molar-refractivity contribution in [2.24, 2.45) is 11.8 Å². The Hall–Kier alpha value is -1.02. The minimum atomic E-state index is 0.455. The Kier molecular flexibility index (Phi) is 3.29. The highest BCUT2D eigenvalue weighted by molar-refractivity contribution is 5.35. The van der Waals surface area contributed by atoms with Crippen molar-refractivity contribution in [1.29, 1.82) is 0 Å². The minimum absolute atomic E-state index is 0.455. The molecule has 3 rings (SSSR count). The summed E-state index contributed by atoms with van der Waals surface area (Å²) in [6.07, 6.45) is 5.69. The fourth-order valence-electron chi connectivity index (χ4n) is 3.75. The lowest BCUT2D eigenvalue weighted by molar-refractivity contribution is 0.0802. The van der Waals surface area contributed by atoms with Gasteiger partial charge < -0.3 is 5.11 Å². The van der Waals surface area contributed by atoms with Gasteiger partial charge in [-0.1, -0.05) is 24.1 Å². The zero-order valence-corrected chi connectivity index (χ0v) is 11.2. The van der Waals surface area contributed by atoms with Gasteiger partial charge in [0.2, 0.25) is 0 Å². The van der Waals surface area contributed by atoms with E-state index in [0.29, 0.717) is 5.75 Å². The molecule has 2 fully saturated rings. The van der Waals surface area contributed by atoms with Crippen molar-refractivity contribution in [1.82, 2.24) is 4.90 Å². The molecule has 1 aliphatic carbocycles. The summed E-state index contributed by atoms with van der Waals surface area (Å²) in [6, 6.07) is 5.93. The van der Waals surface area contributed by atoms with Gasteiger partial charge in [0.05, 0.1) is 0 Å². The molecule has 1 aromatic carbocycles. The van der Waals surface area contributed by atoms with Crippen LogP contribution in [0.5, 0.6) is 5.75 Å². The fourth-order valence-corrected chi connectivity index (χ4v) is 3.75. The monoisotopic (exact) mass is 245 g/mol. The molecule has 2 heteroatoms. The van der Waals surface area contributed by atoms with E-state index in [2.05, 4.69) is 17.9 Å². The number of phenolic OH excluding ortho intramolecular Hbond substituents is 1. The standard InChI is InChI=1S/C16H23NO/c1-12-5-6-16(18)15(7-12)11-17-9-13-3-2-4-14(8-13)10-17/h5-7,13-14,18H,2-4,8-11H2,1H3. The summed E-state index contributed by atoms with van der Waals surface area (Å²) in [5.41, 5.74) is 2.33. The molecule has 2 aliphatic rings. The van der Waals surface area contributed by atoms with Crippen LogP contribution in [0.2, 0.25) is 0 Å². The van der Waals surface area contributed by atoms with E-state index in [1.165, 1.54) is 44.3 Å². The maximum Gasteiger partial charge on any atom is 0.120 e. The molecule has 2 nitrogen and oxygen atoms in total. The van der Waals surface area contributed by atoms with Gasteiger partial charge in [0, 0.05) is 25.2 Å². The van der Waals surface area contributed by atoms with E-state index in [1.807, 2.05) is 12.1 Å². The number of aryl methyl sites for hydroxylation is 1. The SMILES string of the molecule is Cc1ccc(O)c(CN2CC3CCCC(C3)C2)c1. The van der Waals surface area contributed by atoms with Crippen molar-refractivity contribution in [2.45, 2.75) is 39.2 Å². The van der Waals surface area contributed by atoms with Crippen LogP contribution < -0.4 is 0 Å². The van der Waals surface area contributed by atoms with Gasteiger partial charge in [-0.25, -0.2) is 0 Å². The zero-order chi connectivity index (χ0) is 12.5. The fraction of sp³-hybridized carbons (Fsp3) is 0.625. The van der Waals surface area contributed by atoms with Gasteiger partial charge in [-0.05, 0) is 44.1 Å². The lowest BCUT2D eigenvalue weighted by atomic mass is 9.78. The van der Waals surface area contributed by atoms with Crippen molar-refractivity contribution >= 4 is 0 Å². The van der Waals surface area contributed by atoms with E-state index in [-0.39, 0.29) is 0 Å². The average molecular weight is 245 g/mol. The summed E-state index contributed by atoms with van der Waals surface area (Å²) < 4.78 is 0. The molecule has 0 radical (unpaired) electrons. The third-order valence-electron chi connectivity index (χ3n) is 4.55. The van der Waals surface area contributed by atoms with Crippen molar-refractivity contribution in [3.63, 3.8) is 0 Å². The van der Waals surface area contributed by atoms with Crippen molar-refractivity contribution in [3.8, 4) is 5.75 Å². The first kappa shape index (κ1) is 12.0. The Morgan fingerprint density at radius 3 is 2.67 bits per heavy atom. The lowest BCUT2D eigenvalue weighted by Crippen LogP contribution is -2.42. The zero-order valence-electron chi connectivity index (χ0n) is 11.2. The van der Waals surface area contributed by atoms with Crippen molar-refractivity contribution in [3.05, 3.63) is 29.3 Å². The number of fused-ring (bicyclic) bond motifs is 2. The second kappa shape index (κ2) is 4.93. The summed E-state index contributed by atoms with van der Waals surface area (Å²) in [5, 5.41) is 9.94. The van der Waals surface area contributed by atoms with Crippen LogP contribution in [0.3, 0.4) is 0 Å². The van der Waals surface area contributed by atoms with Gasteiger partial charge in [-0.15, -0.1) is 0 Å². The molecule has 0 spiro atoms. The number of phenols is 1. The maximum atomic E-state index is 9.94. The van der Waals surface area contributed by atoms with Crippen LogP contribution >= 0.6 is 0 Å². The smallest absolute Gasteiger partial charge is 0.120 e. The van der Waals surface area contributed by atoms with Gasteiger partial charge >= 0.3 is 0 Å². The number of hydrogen-bond acceptors (Lipinski definition) is 2. The third kappa shape index (κ3) is 2.54. The van der Waals surface area contributed by atoms with E-state index in [1.54, 1.807) is 0 Å². The predicted molar refractivity (Wildman–Crippen MR) is 73.6 cm³/mol. The van der Waals surface area contributed by atoms with Gasteiger partial charge in [0.25, 0.3) is 0 Å². The number of piperidine rings is 1. The van der Waals surface area contributed by atoms with Crippen LogP contribution in [0, 0.1) is 18.8 Å². The molecule has 98 valence electrons. The first-order valence-electron chi connectivity index (χ1n) is 7.21. The quantitative estimate of drug-likeness (QED) is 0.864. The number of aromatic hydroxyl groups is 1. The highest BCUT2D eigenvalue weighted by Crippen LogP contribution is 2.35. The van der Waals surface area contributed by atoms with E-state index in [0.717, 1.165) is 23.9 Å². The maximum absolute atomic E-state index is 9.94. The lowest BCUT2D eigenvalue weighted by Gasteiger charge is -2.41. The molecule has 1 aliphatic heterocycles. The Bertz CT molecular complexity index is 417. The number of hydrogen-bond donors (Lipinski definition) is 1.